The molecular weight excluding hydrogens is 437 g/mol. The third kappa shape index (κ3) is 5.57. The summed E-state index contributed by atoms with van der Waals surface area (Å²) in [6.07, 6.45) is -6.91. The van der Waals surface area contributed by atoms with Gasteiger partial charge in [-0.25, -0.2) is 9.59 Å². The summed E-state index contributed by atoms with van der Waals surface area (Å²) in [5.74, 6) is -2.86. The zero-order chi connectivity index (χ0) is 23.1. The number of halogens is 4. The molecular formula is C22H22ClF3O5. The molecule has 1 unspecified atom stereocenters. The van der Waals surface area contributed by atoms with Crippen molar-refractivity contribution in [3.8, 4) is 0 Å². The lowest BCUT2D eigenvalue weighted by atomic mass is 9.92. The fraction of sp³-hybridized carbons (Fsp3) is 0.364. The fourth-order valence-electron chi connectivity index (χ4n) is 3.03. The van der Waals surface area contributed by atoms with Crippen LogP contribution >= 0.6 is 11.6 Å². The summed E-state index contributed by atoms with van der Waals surface area (Å²) >= 11 is 6.31. The third-order valence-electron chi connectivity index (χ3n) is 4.53. The predicted molar refractivity (Wildman–Crippen MR) is 107 cm³/mol. The highest BCUT2D eigenvalue weighted by Gasteiger charge is 2.64. The van der Waals surface area contributed by atoms with E-state index < -0.39 is 40.8 Å². The molecule has 0 aliphatic carbocycles. The van der Waals surface area contributed by atoms with Gasteiger partial charge >= 0.3 is 18.1 Å². The number of alkyl halides is 4. The summed E-state index contributed by atoms with van der Waals surface area (Å²) in [4.78, 5) is 25.3. The maximum Gasteiger partial charge on any atom is 0.432 e. The monoisotopic (exact) mass is 458 g/mol. The molecule has 0 spiro atoms. The van der Waals surface area contributed by atoms with E-state index in [0.29, 0.717) is 5.56 Å². The van der Waals surface area contributed by atoms with Gasteiger partial charge in [0.25, 0.3) is 5.60 Å². The van der Waals surface area contributed by atoms with Crippen LogP contribution in [0.4, 0.5) is 13.2 Å². The van der Waals surface area contributed by atoms with E-state index in [1.807, 2.05) is 0 Å². The molecule has 0 fully saturated rings. The van der Waals surface area contributed by atoms with Crippen LogP contribution in [0.2, 0.25) is 0 Å². The van der Waals surface area contributed by atoms with Crippen molar-refractivity contribution in [3.05, 3.63) is 71.8 Å². The molecule has 2 aromatic carbocycles. The molecule has 0 radical (unpaired) electrons. The van der Waals surface area contributed by atoms with Crippen molar-refractivity contribution in [2.45, 2.75) is 36.6 Å². The summed E-state index contributed by atoms with van der Waals surface area (Å²) < 4.78 is 56.9. The number of rotatable bonds is 9. The van der Waals surface area contributed by atoms with Gasteiger partial charge in [0.15, 0.2) is 0 Å². The predicted octanol–water partition coefficient (Wildman–Crippen LogP) is 4.42. The molecule has 0 amide bonds. The van der Waals surface area contributed by atoms with Crippen molar-refractivity contribution in [3.63, 3.8) is 0 Å². The molecule has 0 saturated heterocycles. The third-order valence-corrected chi connectivity index (χ3v) is 4.91. The molecule has 0 aliphatic heterocycles. The van der Waals surface area contributed by atoms with Gasteiger partial charge in [0.05, 0.1) is 12.0 Å². The van der Waals surface area contributed by atoms with Crippen molar-refractivity contribution in [2.75, 3.05) is 13.7 Å². The summed E-state index contributed by atoms with van der Waals surface area (Å²) in [6.45, 7) is 1.44. The van der Waals surface area contributed by atoms with Gasteiger partial charge < -0.3 is 14.2 Å². The number of benzene rings is 2. The molecule has 0 N–H and O–H groups in total. The Morgan fingerprint density at radius 2 is 1.55 bits per heavy atom. The van der Waals surface area contributed by atoms with E-state index in [9.17, 15) is 22.8 Å². The van der Waals surface area contributed by atoms with E-state index >= 15 is 0 Å². The molecule has 0 heterocycles. The van der Waals surface area contributed by atoms with Gasteiger partial charge in [-0.05, 0) is 18.9 Å². The summed E-state index contributed by atoms with van der Waals surface area (Å²) in [7, 11) is 0.739. The quantitative estimate of drug-likeness (QED) is 0.411. The van der Waals surface area contributed by atoms with Gasteiger partial charge in [-0.3, -0.25) is 0 Å². The maximum atomic E-state index is 14.1. The molecule has 168 valence electrons. The van der Waals surface area contributed by atoms with Crippen molar-refractivity contribution < 1.29 is 37.0 Å². The van der Waals surface area contributed by atoms with Gasteiger partial charge in [0.1, 0.15) is 0 Å². The zero-order valence-electron chi connectivity index (χ0n) is 16.9. The van der Waals surface area contributed by atoms with Crippen LogP contribution in [0.25, 0.3) is 0 Å². The van der Waals surface area contributed by atoms with Crippen molar-refractivity contribution in [1.29, 1.82) is 0 Å². The molecule has 5 nitrogen and oxygen atoms in total. The standard InChI is InChI=1S/C22H22ClF3O5/c1-3-30-19(27)18(17(23)14-15-10-6-4-7-11-15)31-20(28)21(29-2,22(24,25)26)16-12-8-5-9-13-16/h4-13,17-18H,3,14H2,1-2H3/t17-,18+,21?/m0/s1. The minimum absolute atomic E-state index is 0.0521. The Morgan fingerprint density at radius 3 is 2.03 bits per heavy atom. The molecule has 9 heteroatoms. The zero-order valence-corrected chi connectivity index (χ0v) is 17.7. The first-order valence-corrected chi connectivity index (χ1v) is 9.84. The van der Waals surface area contributed by atoms with E-state index in [-0.39, 0.29) is 13.0 Å². The van der Waals surface area contributed by atoms with Crippen LogP contribution in [-0.4, -0.2) is 43.3 Å². The number of ether oxygens (including phenoxy) is 3. The number of hydrogen-bond acceptors (Lipinski definition) is 5. The van der Waals surface area contributed by atoms with Gasteiger partial charge in [-0.2, -0.15) is 13.2 Å². The average Bonchev–Trinajstić information content (AvgIpc) is 2.73. The molecule has 0 saturated carbocycles. The van der Waals surface area contributed by atoms with Gasteiger partial charge in [0.2, 0.25) is 6.10 Å². The lowest BCUT2D eigenvalue weighted by Gasteiger charge is -2.34. The first-order valence-electron chi connectivity index (χ1n) is 9.40. The number of carbonyl (C=O) groups is 2. The highest BCUT2D eigenvalue weighted by Crippen LogP contribution is 2.43. The van der Waals surface area contributed by atoms with Gasteiger partial charge in [-0.1, -0.05) is 60.7 Å². The lowest BCUT2D eigenvalue weighted by molar-refractivity contribution is -0.278. The number of carbonyl (C=O) groups excluding carboxylic acids is 2. The minimum Gasteiger partial charge on any atom is -0.463 e. The van der Waals surface area contributed by atoms with Crippen LogP contribution in [0.5, 0.6) is 0 Å². The van der Waals surface area contributed by atoms with Crippen LogP contribution in [0.1, 0.15) is 18.1 Å². The van der Waals surface area contributed by atoms with Crippen LogP contribution in [-0.2, 0) is 35.8 Å². The van der Waals surface area contributed by atoms with Crippen molar-refractivity contribution in [2.24, 2.45) is 0 Å². The van der Waals surface area contributed by atoms with E-state index in [2.05, 4.69) is 0 Å². The van der Waals surface area contributed by atoms with Crippen molar-refractivity contribution >= 4 is 23.5 Å². The largest absolute Gasteiger partial charge is 0.463 e. The van der Waals surface area contributed by atoms with Gasteiger partial charge in [-0.15, -0.1) is 11.6 Å². The Bertz CT molecular complexity index is 860. The molecule has 31 heavy (non-hydrogen) atoms. The normalized spacial score (nSPS) is 15.4. The fourth-order valence-corrected chi connectivity index (χ4v) is 3.36. The SMILES string of the molecule is CCOC(=O)[C@H](OC(=O)C(OC)(c1ccccc1)C(F)(F)F)[C@@H](Cl)Cc1ccccc1. The number of methoxy groups -OCH3 is 1. The molecule has 0 aromatic heterocycles. The van der Waals surface area contributed by atoms with Crippen molar-refractivity contribution in [1.82, 2.24) is 0 Å². The molecule has 2 rings (SSSR count). The lowest BCUT2D eigenvalue weighted by Crippen LogP contribution is -2.54. The number of esters is 2. The number of hydrogen-bond donors (Lipinski definition) is 0. The molecule has 3 atom stereocenters. The second kappa shape index (κ2) is 10.6. The van der Waals surface area contributed by atoms with E-state index in [1.165, 1.54) is 25.1 Å². The average molecular weight is 459 g/mol. The Balaban J connectivity index is 2.40. The highest BCUT2D eigenvalue weighted by molar-refractivity contribution is 6.22. The summed E-state index contributed by atoms with van der Waals surface area (Å²) in [5, 5.41) is -1.18. The first-order chi connectivity index (χ1) is 14.7. The van der Waals surface area contributed by atoms with E-state index in [1.54, 1.807) is 30.3 Å². The minimum atomic E-state index is -5.18. The van der Waals surface area contributed by atoms with Crippen LogP contribution < -0.4 is 0 Å². The van der Waals surface area contributed by atoms with Gasteiger partial charge in [0, 0.05) is 12.7 Å². The second-order valence-electron chi connectivity index (χ2n) is 6.53. The Kier molecular flexibility index (Phi) is 8.47. The Morgan fingerprint density at radius 1 is 1.00 bits per heavy atom. The first kappa shape index (κ1) is 24.7. The topological polar surface area (TPSA) is 61.8 Å². The summed E-state index contributed by atoms with van der Waals surface area (Å²) in [6, 6.07) is 15.0. The smallest absolute Gasteiger partial charge is 0.432 e. The molecule has 0 bridgehead atoms. The van der Waals surface area contributed by atoms with E-state index in [0.717, 1.165) is 19.2 Å². The maximum absolute atomic E-state index is 14.1. The molecule has 0 aliphatic rings. The van der Waals surface area contributed by atoms with Crippen LogP contribution in [0.3, 0.4) is 0 Å². The Labute approximate surface area is 183 Å². The molecule has 2 aromatic rings. The van der Waals surface area contributed by atoms with Crippen LogP contribution in [0, 0.1) is 0 Å². The Hall–Kier alpha value is -2.58. The van der Waals surface area contributed by atoms with E-state index in [4.69, 9.17) is 25.8 Å². The summed E-state index contributed by atoms with van der Waals surface area (Å²) in [5.41, 5.74) is -3.24. The van der Waals surface area contributed by atoms with Crippen LogP contribution in [0.15, 0.2) is 60.7 Å². The highest BCUT2D eigenvalue weighted by atomic mass is 35.5. The second-order valence-corrected chi connectivity index (χ2v) is 7.09.